The van der Waals surface area contributed by atoms with E-state index in [4.69, 9.17) is 4.74 Å². The lowest BCUT2D eigenvalue weighted by Crippen LogP contribution is -2.41. The standard InChI is InChI=1S/C12H12BrF2NO3S/c13-8-3-6(14)4-9(15)12(8)20(17,18)16-10-5-7-1-2-11(10)19-7/h3-4,7,10-11,16H,1-2,5H2. The van der Waals surface area contributed by atoms with Crippen LogP contribution in [-0.2, 0) is 14.8 Å². The first-order valence-electron chi connectivity index (χ1n) is 6.19. The number of ether oxygens (including phenoxy) is 1. The minimum absolute atomic E-state index is 0.0780. The van der Waals surface area contributed by atoms with Gasteiger partial charge >= 0.3 is 0 Å². The summed E-state index contributed by atoms with van der Waals surface area (Å²) in [7, 11) is -4.06. The zero-order chi connectivity index (χ0) is 14.5. The summed E-state index contributed by atoms with van der Waals surface area (Å²) in [5, 5.41) is 0. The highest BCUT2D eigenvalue weighted by Gasteiger charge is 2.43. The largest absolute Gasteiger partial charge is 0.373 e. The third-order valence-corrected chi connectivity index (χ3v) is 6.10. The topological polar surface area (TPSA) is 55.4 Å². The third kappa shape index (κ3) is 2.49. The van der Waals surface area contributed by atoms with E-state index in [-0.39, 0.29) is 22.7 Å². The summed E-state index contributed by atoms with van der Waals surface area (Å²) in [5.74, 6) is -1.95. The van der Waals surface area contributed by atoms with E-state index in [1.807, 2.05) is 0 Å². The lowest BCUT2D eigenvalue weighted by molar-refractivity contribution is 0.0996. The second-order valence-electron chi connectivity index (χ2n) is 5.04. The van der Waals surface area contributed by atoms with Crippen LogP contribution in [0.15, 0.2) is 21.5 Å². The second kappa shape index (κ2) is 5.01. The van der Waals surface area contributed by atoms with Crippen LogP contribution in [0.1, 0.15) is 19.3 Å². The quantitative estimate of drug-likeness (QED) is 0.891. The number of fused-ring (bicyclic) bond motifs is 2. The predicted octanol–water partition coefficient (Wildman–Crippen LogP) is 2.33. The van der Waals surface area contributed by atoms with Crippen LogP contribution in [0.3, 0.4) is 0 Å². The molecule has 0 spiro atoms. The van der Waals surface area contributed by atoms with Gasteiger partial charge in [-0.05, 0) is 41.3 Å². The maximum absolute atomic E-state index is 13.7. The van der Waals surface area contributed by atoms with E-state index < -0.39 is 26.6 Å². The van der Waals surface area contributed by atoms with Gasteiger partial charge < -0.3 is 4.74 Å². The van der Waals surface area contributed by atoms with E-state index in [0.717, 1.165) is 18.9 Å². The van der Waals surface area contributed by atoms with Crippen molar-refractivity contribution >= 4 is 26.0 Å². The fourth-order valence-corrected chi connectivity index (χ4v) is 5.25. The molecule has 0 aromatic heterocycles. The second-order valence-corrected chi connectivity index (χ2v) is 7.54. The van der Waals surface area contributed by atoms with Gasteiger partial charge in [0.15, 0.2) is 0 Å². The summed E-state index contributed by atoms with van der Waals surface area (Å²) >= 11 is 2.89. The first-order valence-corrected chi connectivity index (χ1v) is 8.47. The number of rotatable bonds is 3. The molecular formula is C12H12BrF2NO3S. The molecule has 0 amide bonds. The van der Waals surface area contributed by atoms with Crippen molar-refractivity contribution in [2.24, 2.45) is 0 Å². The molecule has 2 aliphatic rings. The minimum atomic E-state index is -4.06. The summed E-state index contributed by atoms with van der Waals surface area (Å²) in [6.07, 6.45) is 2.23. The van der Waals surface area contributed by atoms with Gasteiger partial charge in [-0.25, -0.2) is 21.9 Å². The maximum Gasteiger partial charge on any atom is 0.244 e. The van der Waals surface area contributed by atoms with Crippen LogP contribution >= 0.6 is 15.9 Å². The number of sulfonamides is 1. The molecule has 0 radical (unpaired) electrons. The Labute approximate surface area is 123 Å². The van der Waals surface area contributed by atoms with Gasteiger partial charge in [0.05, 0.1) is 18.2 Å². The molecule has 2 saturated heterocycles. The van der Waals surface area contributed by atoms with Crippen LogP contribution in [0.2, 0.25) is 0 Å². The highest BCUT2D eigenvalue weighted by molar-refractivity contribution is 9.10. The van der Waals surface area contributed by atoms with Crippen molar-refractivity contribution in [1.29, 1.82) is 0 Å². The SMILES string of the molecule is O=S(=O)(NC1CC2CCC1O2)c1c(F)cc(F)cc1Br. The molecular weight excluding hydrogens is 356 g/mol. The van der Waals surface area contributed by atoms with Crippen molar-refractivity contribution in [3.63, 3.8) is 0 Å². The molecule has 3 atom stereocenters. The van der Waals surface area contributed by atoms with Crippen LogP contribution in [0.4, 0.5) is 8.78 Å². The van der Waals surface area contributed by atoms with Crippen molar-refractivity contribution in [3.8, 4) is 0 Å². The highest BCUT2D eigenvalue weighted by atomic mass is 79.9. The molecule has 8 heteroatoms. The lowest BCUT2D eigenvalue weighted by Gasteiger charge is -2.20. The fourth-order valence-electron chi connectivity index (χ4n) is 2.81. The number of halogens is 3. The molecule has 20 heavy (non-hydrogen) atoms. The third-order valence-electron chi connectivity index (χ3n) is 3.64. The Kier molecular flexibility index (Phi) is 3.60. The van der Waals surface area contributed by atoms with Gasteiger partial charge in [-0.15, -0.1) is 0 Å². The van der Waals surface area contributed by atoms with E-state index in [1.165, 1.54) is 0 Å². The van der Waals surface area contributed by atoms with Crippen molar-refractivity contribution in [1.82, 2.24) is 4.72 Å². The normalized spacial score (nSPS) is 29.1. The monoisotopic (exact) mass is 367 g/mol. The van der Waals surface area contributed by atoms with Crippen molar-refractivity contribution in [2.75, 3.05) is 0 Å². The molecule has 2 heterocycles. The van der Waals surface area contributed by atoms with Crippen LogP contribution in [0, 0.1) is 11.6 Å². The van der Waals surface area contributed by atoms with E-state index in [9.17, 15) is 17.2 Å². The molecule has 3 unspecified atom stereocenters. The van der Waals surface area contributed by atoms with Crippen molar-refractivity contribution in [3.05, 3.63) is 28.2 Å². The highest BCUT2D eigenvalue weighted by Crippen LogP contribution is 2.35. The smallest absolute Gasteiger partial charge is 0.244 e. The fraction of sp³-hybridized carbons (Fsp3) is 0.500. The molecule has 3 rings (SSSR count). The average Bonchev–Trinajstić information content (AvgIpc) is 2.87. The molecule has 1 aromatic rings. The Morgan fingerprint density at radius 3 is 2.60 bits per heavy atom. The number of benzene rings is 1. The molecule has 1 N–H and O–H groups in total. The van der Waals surface area contributed by atoms with E-state index in [0.29, 0.717) is 12.5 Å². The van der Waals surface area contributed by atoms with Gasteiger partial charge in [-0.1, -0.05) is 0 Å². The molecule has 1 aromatic carbocycles. The Hall–Kier alpha value is -0.570. The lowest BCUT2D eigenvalue weighted by atomic mass is 9.96. The summed E-state index contributed by atoms with van der Waals surface area (Å²) in [6, 6.07) is 1.13. The van der Waals surface area contributed by atoms with E-state index in [2.05, 4.69) is 20.7 Å². The Morgan fingerprint density at radius 2 is 2.05 bits per heavy atom. The van der Waals surface area contributed by atoms with Crippen LogP contribution in [0.25, 0.3) is 0 Å². The Morgan fingerprint density at radius 1 is 1.30 bits per heavy atom. The molecule has 2 fully saturated rings. The zero-order valence-electron chi connectivity index (χ0n) is 10.3. The Bertz CT molecular complexity index is 629. The van der Waals surface area contributed by atoms with Crippen LogP contribution < -0.4 is 4.72 Å². The Balaban J connectivity index is 1.89. The summed E-state index contributed by atoms with van der Waals surface area (Å²) in [4.78, 5) is -0.568. The van der Waals surface area contributed by atoms with Gasteiger partial charge in [-0.3, -0.25) is 0 Å². The minimum Gasteiger partial charge on any atom is -0.373 e. The summed E-state index contributed by atoms with van der Waals surface area (Å²) in [6.45, 7) is 0. The zero-order valence-corrected chi connectivity index (χ0v) is 12.7. The van der Waals surface area contributed by atoms with Gasteiger partial charge in [0.2, 0.25) is 10.0 Å². The first kappa shape index (κ1) is 14.4. The molecule has 110 valence electrons. The van der Waals surface area contributed by atoms with Gasteiger partial charge in [-0.2, -0.15) is 0 Å². The van der Waals surface area contributed by atoms with E-state index >= 15 is 0 Å². The molecule has 4 nitrogen and oxygen atoms in total. The van der Waals surface area contributed by atoms with Crippen molar-refractivity contribution in [2.45, 2.75) is 42.4 Å². The number of hydrogen-bond donors (Lipinski definition) is 1. The predicted molar refractivity (Wildman–Crippen MR) is 70.7 cm³/mol. The van der Waals surface area contributed by atoms with Gasteiger partial charge in [0, 0.05) is 10.5 Å². The van der Waals surface area contributed by atoms with Crippen LogP contribution in [0.5, 0.6) is 0 Å². The molecule has 2 bridgehead atoms. The maximum atomic E-state index is 13.7. The van der Waals surface area contributed by atoms with Crippen LogP contribution in [-0.4, -0.2) is 26.7 Å². The van der Waals surface area contributed by atoms with Gasteiger partial charge in [0.25, 0.3) is 0 Å². The number of hydrogen-bond acceptors (Lipinski definition) is 3. The summed E-state index contributed by atoms with van der Waals surface area (Å²) < 4.78 is 59.2. The van der Waals surface area contributed by atoms with Crippen molar-refractivity contribution < 1.29 is 21.9 Å². The average molecular weight is 368 g/mol. The molecule has 0 saturated carbocycles. The summed E-state index contributed by atoms with van der Waals surface area (Å²) in [5.41, 5.74) is 0. The van der Waals surface area contributed by atoms with E-state index in [1.54, 1.807) is 0 Å². The molecule has 2 aliphatic heterocycles. The van der Waals surface area contributed by atoms with Gasteiger partial charge in [0.1, 0.15) is 16.5 Å². The number of nitrogens with one attached hydrogen (secondary N) is 1. The first-order chi connectivity index (χ1) is 9.37. The molecule has 0 aliphatic carbocycles.